The number of aryl methyl sites for hydroxylation is 1. The van der Waals surface area contributed by atoms with Crippen LogP contribution in [0.2, 0.25) is 0 Å². The third kappa shape index (κ3) is 7.16. The lowest BCUT2D eigenvalue weighted by atomic mass is 10.0. The second-order valence-electron chi connectivity index (χ2n) is 7.91. The number of likely N-dealkylation sites (N-methyl/N-ethyl adjacent to an activating group) is 1. The zero-order valence-electron chi connectivity index (χ0n) is 19.6. The fraction of sp³-hybridized carbons (Fsp3) is 0.320. The van der Waals surface area contributed by atoms with E-state index in [1.165, 1.54) is 18.3 Å². The van der Waals surface area contributed by atoms with Crippen LogP contribution in [0.4, 0.5) is 24.7 Å². The molecule has 10 heteroatoms. The molecule has 0 bridgehead atoms. The molecule has 0 aliphatic carbocycles. The molecule has 0 saturated heterocycles. The van der Waals surface area contributed by atoms with Crippen LogP contribution in [-0.4, -0.2) is 46.5 Å². The zero-order valence-corrected chi connectivity index (χ0v) is 19.6. The number of ether oxygens (including phenoxy) is 1. The van der Waals surface area contributed by atoms with E-state index in [0.29, 0.717) is 36.6 Å². The van der Waals surface area contributed by atoms with Gasteiger partial charge in [-0.25, -0.2) is 4.98 Å². The minimum absolute atomic E-state index is 0.257. The number of pyridine rings is 2. The molecule has 35 heavy (non-hydrogen) atoms. The number of anilines is 2. The highest BCUT2D eigenvalue weighted by Gasteiger charge is 2.31. The topological polar surface area (TPSA) is 87.6 Å². The molecule has 3 rings (SSSR count). The molecule has 2 heterocycles. The molecule has 1 unspecified atom stereocenters. The smallest absolute Gasteiger partial charge is 0.406 e. The Morgan fingerprint density at radius 3 is 2.40 bits per heavy atom. The number of nitrogens with zero attached hydrogens (tertiary/aromatic N) is 3. The standard InChI is InChI=1S/C25H27F3N4O3/c1-4-20(33)15-32(5-2)23-22(17-7-6-16(3)29-13-17)12-18(14-30-23)24(34)31-19-8-10-21(11-9-19)35-25(26,27)28/h6-14,20,33H,4-5,15H2,1-3H3,(H,31,34). The third-order valence-corrected chi connectivity index (χ3v) is 5.28. The monoisotopic (exact) mass is 488 g/mol. The molecule has 1 aromatic carbocycles. The van der Waals surface area contributed by atoms with Crippen molar-refractivity contribution in [3.8, 4) is 16.9 Å². The third-order valence-electron chi connectivity index (χ3n) is 5.28. The summed E-state index contributed by atoms with van der Waals surface area (Å²) in [7, 11) is 0. The fourth-order valence-corrected chi connectivity index (χ4v) is 3.37. The minimum Gasteiger partial charge on any atom is -0.406 e. The lowest BCUT2D eigenvalue weighted by Crippen LogP contribution is -2.33. The van der Waals surface area contributed by atoms with Crippen molar-refractivity contribution in [3.63, 3.8) is 0 Å². The quantitative estimate of drug-likeness (QED) is 0.431. The second kappa shape index (κ2) is 11.2. The van der Waals surface area contributed by atoms with E-state index in [2.05, 4.69) is 20.0 Å². The molecule has 186 valence electrons. The van der Waals surface area contributed by atoms with Crippen LogP contribution < -0.4 is 15.0 Å². The van der Waals surface area contributed by atoms with Crippen LogP contribution in [0.15, 0.2) is 54.9 Å². The van der Waals surface area contributed by atoms with Gasteiger partial charge in [0.1, 0.15) is 11.6 Å². The summed E-state index contributed by atoms with van der Waals surface area (Å²) < 4.78 is 40.9. The lowest BCUT2D eigenvalue weighted by molar-refractivity contribution is -0.274. The maximum Gasteiger partial charge on any atom is 0.573 e. The first-order valence-corrected chi connectivity index (χ1v) is 11.1. The van der Waals surface area contributed by atoms with E-state index in [-0.39, 0.29) is 11.3 Å². The van der Waals surface area contributed by atoms with Crippen LogP contribution in [0, 0.1) is 6.92 Å². The van der Waals surface area contributed by atoms with Crippen LogP contribution in [-0.2, 0) is 0 Å². The van der Waals surface area contributed by atoms with Crippen molar-refractivity contribution in [2.24, 2.45) is 0 Å². The molecule has 7 nitrogen and oxygen atoms in total. The van der Waals surface area contributed by atoms with Gasteiger partial charge in [-0.1, -0.05) is 13.0 Å². The van der Waals surface area contributed by atoms with Crippen molar-refractivity contribution in [3.05, 3.63) is 66.1 Å². The predicted octanol–water partition coefficient (Wildman–Crippen LogP) is 5.20. The minimum atomic E-state index is -4.79. The van der Waals surface area contributed by atoms with Gasteiger partial charge >= 0.3 is 6.36 Å². The normalized spacial score (nSPS) is 12.2. The van der Waals surface area contributed by atoms with Gasteiger partial charge in [-0.05, 0) is 56.7 Å². The van der Waals surface area contributed by atoms with Gasteiger partial charge in [0.05, 0.1) is 11.7 Å². The van der Waals surface area contributed by atoms with Crippen molar-refractivity contribution >= 4 is 17.4 Å². The number of amides is 1. The van der Waals surface area contributed by atoms with Crippen molar-refractivity contribution in [2.75, 3.05) is 23.3 Å². The van der Waals surface area contributed by atoms with Crippen LogP contribution in [0.5, 0.6) is 5.75 Å². The molecule has 1 atom stereocenters. The van der Waals surface area contributed by atoms with Crippen molar-refractivity contribution in [1.82, 2.24) is 9.97 Å². The number of hydrogen-bond donors (Lipinski definition) is 2. The maximum absolute atomic E-state index is 12.9. The highest BCUT2D eigenvalue weighted by molar-refractivity contribution is 6.05. The van der Waals surface area contributed by atoms with Gasteiger partial charge in [-0.15, -0.1) is 13.2 Å². The largest absolute Gasteiger partial charge is 0.573 e. The van der Waals surface area contributed by atoms with Crippen molar-refractivity contribution in [2.45, 2.75) is 39.7 Å². The molecule has 0 aliphatic rings. The SMILES string of the molecule is CCC(O)CN(CC)c1ncc(C(=O)Nc2ccc(OC(F)(F)F)cc2)cc1-c1ccc(C)nc1. The van der Waals surface area contributed by atoms with Gasteiger partial charge < -0.3 is 20.1 Å². The molecule has 1 amide bonds. The summed E-state index contributed by atoms with van der Waals surface area (Å²) in [6, 6.07) is 10.3. The number of carbonyl (C=O) groups is 1. The van der Waals surface area contributed by atoms with E-state index >= 15 is 0 Å². The maximum atomic E-state index is 12.9. The molecular weight excluding hydrogens is 461 g/mol. The number of nitrogens with one attached hydrogen (secondary N) is 1. The van der Waals surface area contributed by atoms with Crippen molar-refractivity contribution in [1.29, 1.82) is 0 Å². The van der Waals surface area contributed by atoms with Crippen molar-refractivity contribution < 1.29 is 27.8 Å². The Balaban J connectivity index is 1.90. The first-order chi connectivity index (χ1) is 16.6. The van der Waals surface area contributed by atoms with Gasteiger partial charge in [0.2, 0.25) is 0 Å². The highest BCUT2D eigenvalue weighted by atomic mass is 19.4. The van der Waals surface area contributed by atoms with E-state index < -0.39 is 18.4 Å². The molecule has 2 N–H and O–H groups in total. The Morgan fingerprint density at radius 2 is 1.83 bits per heavy atom. The Labute approximate surface area is 201 Å². The molecule has 0 fully saturated rings. The molecule has 3 aromatic rings. The molecule has 0 saturated carbocycles. The van der Waals surface area contributed by atoms with Crippen LogP contribution in [0.25, 0.3) is 11.1 Å². The lowest BCUT2D eigenvalue weighted by Gasteiger charge is -2.27. The van der Waals surface area contributed by atoms with E-state index in [4.69, 9.17) is 0 Å². The number of benzene rings is 1. The number of carbonyl (C=O) groups excluding carboxylic acids is 1. The average molecular weight is 489 g/mol. The number of halogens is 3. The molecule has 0 aliphatic heterocycles. The predicted molar refractivity (Wildman–Crippen MR) is 127 cm³/mol. The number of aromatic nitrogens is 2. The first kappa shape index (κ1) is 26.0. The molecule has 0 spiro atoms. The highest BCUT2D eigenvalue weighted by Crippen LogP contribution is 2.31. The van der Waals surface area contributed by atoms with Crippen LogP contribution in [0.1, 0.15) is 36.3 Å². The molecule has 2 aromatic heterocycles. The summed E-state index contributed by atoms with van der Waals surface area (Å²) in [6.45, 7) is 6.69. The Bertz CT molecular complexity index is 1140. The van der Waals surface area contributed by atoms with Crippen LogP contribution >= 0.6 is 0 Å². The van der Waals surface area contributed by atoms with E-state index in [1.54, 1.807) is 12.3 Å². The second-order valence-corrected chi connectivity index (χ2v) is 7.91. The summed E-state index contributed by atoms with van der Waals surface area (Å²) in [4.78, 5) is 23.7. The first-order valence-electron chi connectivity index (χ1n) is 11.1. The Hall–Kier alpha value is -3.66. The van der Waals surface area contributed by atoms with E-state index in [9.17, 15) is 23.1 Å². The van der Waals surface area contributed by atoms with Crippen LogP contribution in [0.3, 0.4) is 0 Å². The Kier molecular flexibility index (Phi) is 8.29. The number of aliphatic hydroxyl groups excluding tert-OH is 1. The summed E-state index contributed by atoms with van der Waals surface area (Å²) in [5.74, 6) is -0.257. The number of alkyl halides is 3. The summed E-state index contributed by atoms with van der Waals surface area (Å²) >= 11 is 0. The number of hydrogen-bond acceptors (Lipinski definition) is 6. The average Bonchev–Trinajstić information content (AvgIpc) is 2.83. The fourth-order valence-electron chi connectivity index (χ4n) is 3.37. The van der Waals surface area contributed by atoms with Gasteiger partial charge in [-0.3, -0.25) is 9.78 Å². The Morgan fingerprint density at radius 1 is 1.11 bits per heavy atom. The van der Waals surface area contributed by atoms with Gasteiger partial charge in [0.15, 0.2) is 0 Å². The van der Waals surface area contributed by atoms with E-state index in [0.717, 1.165) is 23.4 Å². The van der Waals surface area contributed by atoms with Gasteiger partial charge in [-0.2, -0.15) is 0 Å². The van der Waals surface area contributed by atoms with Gasteiger partial charge in [0, 0.05) is 48.0 Å². The van der Waals surface area contributed by atoms with Gasteiger partial charge in [0.25, 0.3) is 5.91 Å². The number of aliphatic hydroxyl groups is 1. The summed E-state index contributed by atoms with van der Waals surface area (Å²) in [6.07, 6.45) is -1.61. The molecular formula is C25H27F3N4O3. The zero-order chi connectivity index (χ0) is 25.6. The van der Waals surface area contributed by atoms with E-state index in [1.807, 2.05) is 37.8 Å². The summed E-state index contributed by atoms with van der Waals surface area (Å²) in [5.41, 5.74) is 2.82. The summed E-state index contributed by atoms with van der Waals surface area (Å²) in [5, 5.41) is 12.8. The molecule has 0 radical (unpaired) electrons. The number of rotatable bonds is 9.